The van der Waals surface area contributed by atoms with Crippen molar-refractivity contribution in [1.82, 2.24) is 15.1 Å². The molecule has 7 heteroatoms. The number of carboxylic acids is 1. The van der Waals surface area contributed by atoms with Gasteiger partial charge in [0.25, 0.3) is 5.91 Å². The van der Waals surface area contributed by atoms with Gasteiger partial charge in [0.2, 0.25) is 0 Å². The minimum Gasteiger partial charge on any atom is -0.497 e. The van der Waals surface area contributed by atoms with Gasteiger partial charge in [-0.15, -0.1) is 0 Å². The number of carbonyl (C=O) groups is 2. The first-order valence-corrected chi connectivity index (χ1v) is 8.21. The number of likely N-dealkylation sites (tertiary alicyclic amines) is 1. The number of methoxy groups -OCH3 is 1. The molecule has 2 atom stereocenters. The molecule has 0 aliphatic carbocycles. The van der Waals surface area contributed by atoms with Crippen molar-refractivity contribution in [1.29, 1.82) is 0 Å². The molecule has 1 aromatic carbocycles. The third kappa shape index (κ3) is 3.35. The summed E-state index contributed by atoms with van der Waals surface area (Å²) < 4.78 is 5.15. The van der Waals surface area contributed by atoms with Crippen molar-refractivity contribution >= 4 is 11.9 Å². The maximum Gasteiger partial charge on any atom is 0.306 e. The van der Waals surface area contributed by atoms with E-state index in [4.69, 9.17) is 4.74 Å². The number of piperidine rings is 1. The van der Waals surface area contributed by atoms with Gasteiger partial charge in [-0.2, -0.15) is 5.10 Å². The Morgan fingerprint density at radius 1 is 1.32 bits per heavy atom. The fraction of sp³-hybridized carbons (Fsp3) is 0.389. The van der Waals surface area contributed by atoms with Crippen molar-refractivity contribution in [3.63, 3.8) is 0 Å². The zero-order valence-corrected chi connectivity index (χ0v) is 14.2. The second-order valence-electron chi connectivity index (χ2n) is 6.35. The van der Waals surface area contributed by atoms with E-state index in [9.17, 15) is 14.7 Å². The van der Waals surface area contributed by atoms with Crippen molar-refractivity contribution in [2.24, 2.45) is 11.8 Å². The number of H-pyrrole nitrogens is 1. The first kappa shape index (κ1) is 17.0. The molecule has 0 bridgehead atoms. The number of aromatic nitrogens is 2. The van der Waals surface area contributed by atoms with Crippen LogP contribution in [0.4, 0.5) is 0 Å². The van der Waals surface area contributed by atoms with Gasteiger partial charge in [0.1, 0.15) is 5.75 Å². The number of amides is 1. The van der Waals surface area contributed by atoms with Crippen molar-refractivity contribution in [3.8, 4) is 17.0 Å². The number of nitrogens with one attached hydrogen (secondary N) is 1. The zero-order valence-electron chi connectivity index (χ0n) is 14.2. The highest BCUT2D eigenvalue weighted by atomic mass is 16.5. The Hall–Kier alpha value is -2.83. The number of aliphatic carboxylic acids is 1. The molecule has 7 nitrogen and oxygen atoms in total. The molecule has 1 aromatic heterocycles. The van der Waals surface area contributed by atoms with Gasteiger partial charge in [0.05, 0.1) is 30.5 Å². The van der Waals surface area contributed by atoms with Crippen LogP contribution in [0.3, 0.4) is 0 Å². The lowest BCUT2D eigenvalue weighted by molar-refractivity contribution is -0.145. The molecule has 0 spiro atoms. The Bertz CT molecular complexity index is 769. The minimum atomic E-state index is -0.790. The van der Waals surface area contributed by atoms with E-state index in [-0.39, 0.29) is 11.8 Å². The number of carboxylic acid groups (broad SMARTS) is 1. The number of hydrogen-bond donors (Lipinski definition) is 2. The normalized spacial score (nSPS) is 20.3. The Kier molecular flexibility index (Phi) is 4.74. The summed E-state index contributed by atoms with van der Waals surface area (Å²) in [7, 11) is 1.60. The minimum absolute atomic E-state index is 0.0773. The van der Waals surface area contributed by atoms with E-state index in [1.165, 1.54) is 6.20 Å². The highest BCUT2D eigenvalue weighted by Crippen LogP contribution is 2.28. The molecular weight excluding hydrogens is 322 g/mol. The van der Waals surface area contributed by atoms with Gasteiger partial charge in [-0.1, -0.05) is 6.92 Å². The van der Waals surface area contributed by atoms with Crippen LogP contribution in [0.25, 0.3) is 11.3 Å². The number of carbonyl (C=O) groups excluding carboxylic acids is 1. The second-order valence-corrected chi connectivity index (χ2v) is 6.35. The van der Waals surface area contributed by atoms with E-state index in [1.54, 1.807) is 12.0 Å². The summed E-state index contributed by atoms with van der Waals surface area (Å²) in [5.41, 5.74) is 1.99. The molecule has 2 heterocycles. The summed E-state index contributed by atoms with van der Waals surface area (Å²) in [4.78, 5) is 25.8. The highest BCUT2D eigenvalue weighted by molar-refractivity contribution is 5.99. The van der Waals surface area contributed by atoms with E-state index in [1.807, 2.05) is 31.2 Å². The van der Waals surface area contributed by atoms with Crippen molar-refractivity contribution < 1.29 is 19.4 Å². The highest BCUT2D eigenvalue weighted by Gasteiger charge is 2.34. The Labute approximate surface area is 145 Å². The van der Waals surface area contributed by atoms with E-state index >= 15 is 0 Å². The summed E-state index contributed by atoms with van der Waals surface area (Å²) >= 11 is 0. The van der Waals surface area contributed by atoms with Crippen LogP contribution < -0.4 is 4.74 Å². The van der Waals surface area contributed by atoms with Gasteiger partial charge in [-0.25, -0.2) is 0 Å². The van der Waals surface area contributed by atoms with Gasteiger partial charge in [-0.05, 0) is 36.6 Å². The van der Waals surface area contributed by atoms with Gasteiger partial charge in [0, 0.05) is 18.7 Å². The number of hydrogen-bond acceptors (Lipinski definition) is 4. The molecule has 1 fully saturated rings. The number of ether oxygens (including phenoxy) is 1. The third-order valence-electron chi connectivity index (χ3n) is 4.76. The molecule has 1 saturated heterocycles. The molecule has 2 N–H and O–H groups in total. The number of nitrogens with zero attached hydrogens (tertiary/aromatic N) is 2. The second kappa shape index (κ2) is 6.96. The van der Waals surface area contributed by atoms with Crippen LogP contribution in [0.1, 0.15) is 23.7 Å². The van der Waals surface area contributed by atoms with Crippen LogP contribution in [0, 0.1) is 11.8 Å². The molecule has 0 radical (unpaired) electrons. The summed E-state index contributed by atoms with van der Waals surface area (Å²) in [6, 6.07) is 7.38. The van der Waals surface area contributed by atoms with Crippen LogP contribution in [0.2, 0.25) is 0 Å². The van der Waals surface area contributed by atoms with E-state index in [2.05, 4.69) is 10.2 Å². The predicted molar refractivity (Wildman–Crippen MR) is 91.4 cm³/mol. The standard InChI is InChI=1S/C18H21N3O4/c1-11-10-21(8-7-14(11)18(23)24)17(22)15-9-19-20-16(15)12-3-5-13(25-2)6-4-12/h3-6,9,11,14H,7-8,10H2,1-2H3,(H,19,20)(H,23,24). The maximum absolute atomic E-state index is 12.9. The van der Waals surface area contributed by atoms with E-state index in [0.717, 1.165) is 11.3 Å². The van der Waals surface area contributed by atoms with E-state index < -0.39 is 11.9 Å². The monoisotopic (exact) mass is 343 g/mol. The van der Waals surface area contributed by atoms with Gasteiger partial charge < -0.3 is 14.7 Å². The lowest BCUT2D eigenvalue weighted by Gasteiger charge is -2.34. The van der Waals surface area contributed by atoms with Crippen LogP contribution in [0.15, 0.2) is 30.5 Å². The predicted octanol–water partition coefficient (Wildman–Crippen LogP) is 2.27. The van der Waals surface area contributed by atoms with Gasteiger partial charge in [-0.3, -0.25) is 14.7 Å². The molecule has 132 valence electrons. The lowest BCUT2D eigenvalue weighted by atomic mass is 9.87. The van der Waals surface area contributed by atoms with E-state index in [0.29, 0.717) is 30.8 Å². The Morgan fingerprint density at radius 3 is 2.64 bits per heavy atom. The lowest BCUT2D eigenvalue weighted by Crippen LogP contribution is -2.45. The fourth-order valence-electron chi connectivity index (χ4n) is 3.29. The number of rotatable bonds is 4. The third-order valence-corrected chi connectivity index (χ3v) is 4.76. The van der Waals surface area contributed by atoms with Crippen molar-refractivity contribution in [3.05, 3.63) is 36.0 Å². The smallest absolute Gasteiger partial charge is 0.306 e. The van der Waals surface area contributed by atoms with Gasteiger partial charge >= 0.3 is 5.97 Å². The van der Waals surface area contributed by atoms with Gasteiger partial charge in [0.15, 0.2) is 0 Å². The molecule has 1 amide bonds. The Balaban J connectivity index is 1.80. The molecule has 1 aliphatic rings. The molecule has 1 aliphatic heterocycles. The Morgan fingerprint density at radius 2 is 2.04 bits per heavy atom. The molecular formula is C18H21N3O4. The van der Waals surface area contributed by atoms with Crippen molar-refractivity contribution in [2.45, 2.75) is 13.3 Å². The molecule has 25 heavy (non-hydrogen) atoms. The first-order valence-electron chi connectivity index (χ1n) is 8.21. The quantitative estimate of drug-likeness (QED) is 0.888. The maximum atomic E-state index is 12.9. The zero-order chi connectivity index (χ0) is 18.0. The summed E-state index contributed by atoms with van der Waals surface area (Å²) in [6.07, 6.45) is 1.99. The van der Waals surface area contributed by atoms with Crippen LogP contribution in [-0.4, -0.2) is 52.3 Å². The van der Waals surface area contributed by atoms with Crippen LogP contribution in [0.5, 0.6) is 5.75 Å². The molecule has 2 unspecified atom stereocenters. The fourth-order valence-corrected chi connectivity index (χ4v) is 3.29. The topological polar surface area (TPSA) is 95.5 Å². The molecule has 3 rings (SSSR count). The van der Waals surface area contributed by atoms with Crippen molar-refractivity contribution in [2.75, 3.05) is 20.2 Å². The number of benzene rings is 1. The average molecular weight is 343 g/mol. The summed E-state index contributed by atoms with van der Waals surface area (Å²) in [5, 5.41) is 16.1. The molecule has 2 aromatic rings. The average Bonchev–Trinajstić information content (AvgIpc) is 3.10. The first-order chi connectivity index (χ1) is 12.0. The molecule has 0 saturated carbocycles. The number of aromatic amines is 1. The summed E-state index contributed by atoms with van der Waals surface area (Å²) in [6.45, 7) is 2.74. The summed E-state index contributed by atoms with van der Waals surface area (Å²) in [5.74, 6) is -0.654. The largest absolute Gasteiger partial charge is 0.497 e. The van der Waals surface area contributed by atoms with Crippen LogP contribution >= 0.6 is 0 Å². The van der Waals surface area contributed by atoms with Crippen LogP contribution in [-0.2, 0) is 4.79 Å². The SMILES string of the molecule is COc1ccc(-c2[nH]ncc2C(=O)N2CCC(C(=O)O)C(C)C2)cc1.